The molecule has 0 radical (unpaired) electrons. The van der Waals surface area contributed by atoms with E-state index in [4.69, 9.17) is 4.98 Å². The van der Waals surface area contributed by atoms with Crippen LogP contribution in [0.15, 0.2) is 41.9 Å². The second-order valence-electron chi connectivity index (χ2n) is 5.44. The van der Waals surface area contributed by atoms with Gasteiger partial charge in [0, 0.05) is 30.6 Å². The van der Waals surface area contributed by atoms with Crippen LogP contribution in [0, 0.1) is 0 Å². The average molecular weight is 299 g/mol. The summed E-state index contributed by atoms with van der Waals surface area (Å²) in [6.45, 7) is 2.00. The highest BCUT2D eigenvalue weighted by Crippen LogP contribution is 2.33. The zero-order valence-electron chi connectivity index (χ0n) is 11.6. The van der Waals surface area contributed by atoms with Crippen LogP contribution in [0.4, 0.5) is 5.82 Å². The van der Waals surface area contributed by atoms with Crippen molar-refractivity contribution in [2.45, 2.75) is 18.9 Å². The maximum atomic E-state index is 9.68. The molecule has 0 saturated carbocycles. The first-order valence-corrected chi connectivity index (χ1v) is 8.10. The Morgan fingerprint density at radius 3 is 2.95 bits per heavy atom. The van der Waals surface area contributed by atoms with Gasteiger partial charge in [-0.3, -0.25) is 4.40 Å². The van der Waals surface area contributed by atoms with Crippen LogP contribution in [0.3, 0.4) is 0 Å². The van der Waals surface area contributed by atoms with Crippen LogP contribution < -0.4 is 4.90 Å². The first kappa shape index (κ1) is 12.9. The van der Waals surface area contributed by atoms with E-state index in [1.165, 1.54) is 5.56 Å². The molecule has 1 unspecified atom stereocenters. The van der Waals surface area contributed by atoms with Crippen LogP contribution >= 0.6 is 11.3 Å². The van der Waals surface area contributed by atoms with Crippen LogP contribution in [0.25, 0.3) is 4.96 Å². The molecule has 1 aliphatic heterocycles. The minimum atomic E-state index is 0.0275. The average Bonchev–Trinajstić information content (AvgIpc) is 3.22. The van der Waals surface area contributed by atoms with Gasteiger partial charge in [0.25, 0.3) is 0 Å². The Kier molecular flexibility index (Phi) is 3.16. The smallest absolute Gasteiger partial charge is 0.195 e. The van der Waals surface area contributed by atoms with E-state index < -0.39 is 0 Å². The summed E-state index contributed by atoms with van der Waals surface area (Å²) in [5.74, 6) is 1.50. The van der Waals surface area contributed by atoms with Gasteiger partial charge in [-0.05, 0) is 12.0 Å². The quantitative estimate of drug-likeness (QED) is 0.808. The van der Waals surface area contributed by atoms with E-state index >= 15 is 0 Å². The van der Waals surface area contributed by atoms with Crippen molar-refractivity contribution in [2.24, 2.45) is 0 Å². The van der Waals surface area contributed by atoms with Gasteiger partial charge in [0.15, 0.2) is 10.8 Å². The maximum Gasteiger partial charge on any atom is 0.195 e. The van der Waals surface area contributed by atoms with E-state index in [2.05, 4.69) is 35.2 Å². The van der Waals surface area contributed by atoms with Gasteiger partial charge in [-0.25, -0.2) is 4.98 Å². The number of thiazole rings is 1. The predicted octanol–water partition coefficient (Wildman–Crippen LogP) is 2.88. The molecule has 1 fully saturated rings. The first-order chi connectivity index (χ1) is 10.4. The van der Waals surface area contributed by atoms with Crippen molar-refractivity contribution >= 4 is 22.1 Å². The Balaban J connectivity index is 1.63. The van der Waals surface area contributed by atoms with Crippen LogP contribution in [0.1, 0.15) is 23.6 Å². The topological polar surface area (TPSA) is 40.8 Å². The molecular formula is C16H17N3OS. The molecule has 108 valence electrons. The Morgan fingerprint density at radius 2 is 2.14 bits per heavy atom. The minimum Gasteiger partial charge on any atom is -0.390 e. The van der Waals surface area contributed by atoms with Crippen molar-refractivity contribution in [2.75, 3.05) is 18.0 Å². The highest BCUT2D eigenvalue weighted by Gasteiger charge is 2.27. The van der Waals surface area contributed by atoms with Gasteiger partial charge in [-0.1, -0.05) is 30.3 Å². The predicted molar refractivity (Wildman–Crippen MR) is 85.0 cm³/mol. The number of aliphatic hydroxyl groups excluding tert-OH is 1. The summed E-state index contributed by atoms with van der Waals surface area (Å²) in [4.78, 5) is 7.97. The van der Waals surface area contributed by atoms with Crippen LogP contribution in [0.2, 0.25) is 0 Å². The molecule has 0 amide bonds. The third kappa shape index (κ3) is 2.13. The molecule has 1 saturated heterocycles. The number of benzene rings is 1. The van der Waals surface area contributed by atoms with Crippen molar-refractivity contribution in [1.29, 1.82) is 0 Å². The van der Waals surface area contributed by atoms with E-state index in [0.29, 0.717) is 5.92 Å². The van der Waals surface area contributed by atoms with Gasteiger partial charge in [0.2, 0.25) is 0 Å². The molecule has 4 nitrogen and oxygen atoms in total. The van der Waals surface area contributed by atoms with Gasteiger partial charge in [0.05, 0.1) is 12.3 Å². The number of hydrogen-bond donors (Lipinski definition) is 1. The van der Waals surface area contributed by atoms with Crippen molar-refractivity contribution in [3.05, 3.63) is 53.2 Å². The summed E-state index contributed by atoms with van der Waals surface area (Å²) < 4.78 is 2.00. The van der Waals surface area contributed by atoms with Crippen LogP contribution in [-0.4, -0.2) is 27.6 Å². The van der Waals surface area contributed by atoms with E-state index in [1.54, 1.807) is 11.3 Å². The second kappa shape index (κ2) is 5.16. The SMILES string of the molecule is OCc1c(N2CCC(c3ccccc3)C2)nc2sccn12. The molecule has 21 heavy (non-hydrogen) atoms. The van der Waals surface area contributed by atoms with Crippen molar-refractivity contribution in [3.63, 3.8) is 0 Å². The van der Waals surface area contributed by atoms with Crippen molar-refractivity contribution in [1.82, 2.24) is 9.38 Å². The van der Waals surface area contributed by atoms with Gasteiger partial charge < -0.3 is 10.0 Å². The third-order valence-electron chi connectivity index (χ3n) is 4.25. The molecule has 1 aromatic carbocycles. The summed E-state index contributed by atoms with van der Waals surface area (Å²) in [5.41, 5.74) is 2.30. The number of imidazole rings is 1. The number of aromatic nitrogens is 2. The monoisotopic (exact) mass is 299 g/mol. The fraction of sp³-hybridized carbons (Fsp3) is 0.312. The Labute approximate surface area is 127 Å². The molecule has 0 aliphatic carbocycles. The number of anilines is 1. The first-order valence-electron chi connectivity index (χ1n) is 7.22. The van der Waals surface area contributed by atoms with Gasteiger partial charge >= 0.3 is 0 Å². The Bertz CT molecular complexity index is 749. The highest BCUT2D eigenvalue weighted by atomic mass is 32.1. The van der Waals surface area contributed by atoms with E-state index in [0.717, 1.165) is 36.0 Å². The lowest BCUT2D eigenvalue weighted by molar-refractivity contribution is 0.276. The minimum absolute atomic E-state index is 0.0275. The second-order valence-corrected chi connectivity index (χ2v) is 6.31. The Morgan fingerprint density at radius 1 is 1.29 bits per heavy atom. The lowest BCUT2D eigenvalue weighted by Crippen LogP contribution is -2.21. The van der Waals surface area contributed by atoms with E-state index in [9.17, 15) is 5.11 Å². The molecule has 2 aromatic heterocycles. The van der Waals surface area contributed by atoms with Crippen molar-refractivity contribution in [3.8, 4) is 0 Å². The summed E-state index contributed by atoms with van der Waals surface area (Å²) in [6.07, 6.45) is 3.12. The fourth-order valence-corrected chi connectivity index (χ4v) is 3.90. The molecular weight excluding hydrogens is 282 g/mol. The lowest BCUT2D eigenvalue weighted by Gasteiger charge is -2.17. The third-order valence-corrected chi connectivity index (χ3v) is 5.01. The zero-order valence-corrected chi connectivity index (χ0v) is 12.5. The molecule has 1 aliphatic rings. The Hall–Kier alpha value is -1.85. The number of aliphatic hydroxyl groups is 1. The normalized spacial score (nSPS) is 18.7. The summed E-state index contributed by atoms with van der Waals surface area (Å²) in [6, 6.07) is 10.7. The number of hydrogen-bond acceptors (Lipinski definition) is 4. The standard InChI is InChI=1S/C16H17N3OS/c20-11-14-15(17-16-19(14)8-9-21-16)18-7-6-13(10-18)12-4-2-1-3-5-12/h1-5,8-9,13,20H,6-7,10-11H2. The van der Waals surface area contributed by atoms with E-state index in [1.807, 2.05) is 16.0 Å². The summed E-state index contributed by atoms with van der Waals surface area (Å²) in [7, 11) is 0. The molecule has 3 aromatic rings. The van der Waals surface area contributed by atoms with Crippen LogP contribution in [-0.2, 0) is 6.61 Å². The molecule has 1 atom stereocenters. The van der Waals surface area contributed by atoms with Gasteiger partial charge in [-0.15, -0.1) is 11.3 Å². The molecule has 0 spiro atoms. The molecule has 4 rings (SSSR count). The van der Waals surface area contributed by atoms with Crippen molar-refractivity contribution < 1.29 is 5.11 Å². The highest BCUT2D eigenvalue weighted by molar-refractivity contribution is 7.15. The van der Waals surface area contributed by atoms with E-state index in [-0.39, 0.29) is 6.61 Å². The van der Waals surface area contributed by atoms with Crippen LogP contribution in [0.5, 0.6) is 0 Å². The van der Waals surface area contributed by atoms with Gasteiger partial charge in [0.1, 0.15) is 0 Å². The van der Waals surface area contributed by atoms with Gasteiger partial charge in [-0.2, -0.15) is 0 Å². The number of rotatable bonds is 3. The summed E-state index contributed by atoms with van der Waals surface area (Å²) >= 11 is 1.61. The fourth-order valence-electron chi connectivity index (χ4n) is 3.17. The number of nitrogens with zero attached hydrogens (tertiary/aromatic N) is 3. The molecule has 0 bridgehead atoms. The molecule has 3 heterocycles. The molecule has 1 N–H and O–H groups in total. The number of fused-ring (bicyclic) bond motifs is 1. The zero-order chi connectivity index (χ0) is 14.2. The lowest BCUT2D eigenvalue weighted by atomic mass is 9.99. The largest absolute Gasteiger partial charge is 0.390 e. The maximum absolute atomic E-state index is 9.68. The summed E-state index contributed by atoms with van der Waals surface area (Å²) in [5, 5.41) is 11.7. The molecule has 5 heteroatoms.